The van der Waals surface area contributed by atoms with Gasteiger partial charge in [0.25, 0.3) is 10.2 Å². The summed E-state index contributed by atoms with van der Waals surface area (Å²) in [4.78, 5) is 2.03. The summed E-state index contributed by atoms with van der Waals surface area (Å²) in [6, 6.07) is 0. The van der Waals surface area contributed by atoms with Crippen molar-refractivity contribution in [2.75, 3.05) is 39.3 Å². The van der Waals surface area contributed by atoms with Gasteiger partial charge in [0.15, 0.2) is 0 Å². The van der Waals surface area contributed by atoms with E-state index in [0.29, 0.717) is 26.2 Å². The van der Waals surface area contributed by atoms with Crippen molar-refractivity contribution < 1.29 is 13.5 Å². The van der Waals surface area contributed by atoms with Gasteiger partial charge in [-0.3, -0.25) is 4.90 Å². The van der Waals surface area contributed by atoms with Crippen molar-refractivity contribution in [3.63, 3.8) is 0 Å². The SMILES string of the molecule is NS(=O)(=O)N1CCCN(CCO)CC1. The molecular weight excluding hydrogens is 206 g/mol. The van der Waals surface area contributed by atoms with E-state index in [1.165, 1.54) is 4.31 Å². The van der Waals surface area contributed by atoms with E-state index in [-0.39, 0.29) is 6.61 Å². The monoisotopic (exact) mass is 223 g/mol. The molecule has 0 saturated carbocycles. The predicted octanol–water partition coefficient (Wildman–Crippen LogP) is -1.81. The molecule has 1 saturated heterocycles. The number of nitrogens with two attached hydrogens (primary N) is 1. The summed E-state index contributed by atoms with van der Waals surface area (Å²) in [5.74, 6) is 0. The van der Waals surface area contributed by atoms with Gasteiger partial charge < -0.3 is 5.11 Å². The molecule has 0 aromatic rings. The van der Waals surface area contributed by atoms with Crippen molar-refractivity contribution in [2.45, 2.75) is 6.42 Å². The highest BCUT2D eigenvalue weighted by molar-refractivity contribution is 7.86. The molecule has 0 aromatic carbocycles. The van der Waals surface area contributed by atoms with Crippen LogP contribution in [0.3, 0.4) is 0 Å². The number of aliphatic hydroxyl groups excluding tert-OH is 1. The highest BCUT2D eigenvalue weighted by Gasteiger charge is 2.21. The highest BCUT2D eigenvalue weighted by Crippen LogP contribution is 2.04. The van der Waals surface area contributed by atoms with E-state index < -0.39 is 10.2 Å². The lowest BCUT2D eigenvalue weighted by Crippen LogP contribution is -2.39. The summed E-state index contributed by atoms with van der Waals surface area (Å²) in [6.07, 6.45) is 0.760. The summed E-state index contributed by atoms with van der Waals surface area (Å²) in [5, 5.41) is 13.8. The molecule has 1 aliphatic rings. The summed E-state index contributed by atoms with van der Waals surface area (Å²) in [7, 11) is -3.54. The lowest BCUT2D eigenvalue weighted by atomic mass is 10.4. The first-order chi connectivity index (χ1) is 6.54. The number of rotatable bonds is 3. The third kappa shape index (κ3) is 3.50. The maximum Gasteiger partial charge on any atom is 0.276 e. The summed E-state index contributed by atoms with van der Waals surface area (Å²) >= 11 is 0. The van der Waals surface area contributed by atoms with Crippen molar-refractivity contribution in [3.05, 3.63) is 0 Å². The van der Waals surface area contributed by atoms with Gasteiger partial charge in [0, 0.05) is 26.2 Å². The smallest absolute Gasteiger partial charge is 0.276 e. The predicted molar refractivity (Wildman–Crippen MR) is 52.8 cm³/mol. The Hall–Kier alpha value is -0.210. The summed E-state index contributed by atoms with van der Waals surface area (Å²) in [5.41, 5.74) is 0. The fourth-order valence-electron chi connectivity index (χ4n) is 1.57. The maximum absolute atomic E-state index is 11.0. The van der Waals surface area contributed by atoms with E-state index in [9.17, 15) is 8.42 Å². The quantitative estimate of drug-likeness (QED) is 0.590. The molecule has 1 aliphatic heterocycles. The van der Waals surface area contributed by atoms with Crippen LogP contribution >= 0.6 is 0 Å². The Bertz CT molecular complexity index is 267. The second kappa shape index (κ2) is 5.04. The van der Waals surface area contributed by atoms with Gasteiger partial charge in [-0.1, -0.05) is 0 Å². The number of nitrogens with zero attached hydrogens (tertiary/aromatic N) is 2. The number of hydrogen-bond donors (Lipinski definition) is 2. The van der Waals surface area contributed by atoms with Gasteiger partial charge in [-0.05, 0) is 13.0 Å². The Morgan fingerprint density at radius 2 is 1.93 bits per heavy atom. The highest BCUT2D eigenvalue weighted by atomic mass is 32.2. The van der Waals surface area contributed by atoms with Gasteiger partial charge in [-0.15, -0.1) is 0 Å². The summed E-state index contributed by atoms with van der Waals surface area (Å²) in [6.45, 7) is 3.04. The topological polar surface area (TPSA) is 86.9 Å². The minimum atomic E-state index is -3.54. The van der Waals surface area contributed by atoms with Crippen LogP contribution in [0.4, 0.5) is 0 Å². The Kier molecular flexibility index (Phi) is 4.27. The summed E-state index contributed by atoms with van der Waals surface area (Å²) < 4.78 is 23.4. The second-order valence-corrected chi connectivity index (χ2v) is 4.91. The van der Waals surface area contributed by atoms with Crippen LogP contribution in [-0.4, -0.2) is 62.1 Å². The van der Waals surface area contributed by atoms with Gasteiger partial charge in [0.1, 0.15) is 0 Å². The first-order valence-corrected chi connectivity index (χ1v) is 6.15. The van der Waals surface area contributed by atoms with Crippen molar-refractivity contribution in [3.8, 4) is 0 Å². The minimum absolute atomic E-state index is 0.107. The van der Waals surface area contributed by atoms with E-state index >= 15 is 0 Å². The van der Waals surface area contributed by atoms with Crippen LogP contribution in [0, 0.1) is 0 Å². The normalized spacial score (nSPS) is 22.1. The first-order valence-electron chi connectivity index (χ1n) is 4.65. The van der Waals surface area contributed by atoms with Gasteiger partial charge in [0.05, 0.1) is 6.61 Å². The van der Waals surface area contributed by atoms with E-state index in [1.54, 1.807) is 0 Å². The number of β-amino-alcohol motifs (C(OH)–C–C–N with tert-alkyl or cyclic N) is 1. The Labute approximate surface area is 84.5 Å². The molecule has 0 unspecified atom stereocenters. The zero-order chi connectivity index (χ0) is 10.6. The fraction of sp³-hybridized carbons (Fsp3) is 1.00. The standard InChI is InChI=1S/C7H17N3O3S/c8-14(12,13)10-3-1-2-9(4-5-10)6-7-11/h11H,1-7H2,(H2,8,12,13). The third-order valence-electron chi connectivity index (χ3n) is 2.32. The lowest BCUT2D eigenvalue weighted by Gasteiger charge is -2.19. The van der Waals surface area contributed by atoms with Crippen LogP contribution < -0.4 is 5.14 Å². The van der Waals surface area contributed by atoms with Gasteiger partial charge in [0.2, 0.25) is 0 Å². The van der Waals surface area contributed by atoms with E-state index in [2.05, 4.69) is 0 Å². The van der Waals surface area contributed by atoms with Crippen LogP contribution in [0.1, 0.15) is 6.42 Å². The molecule has 0 spiro atoms. The Morgan fingerprint density at radius 1 is 1.21 bits per heavy atom. The van der Waals surface area contributed by atoms with E-state index in [0.717, 1.165) is 13.0 Å². The molecule has 1 fully saturated rings. The average Bonchev–Trinajstić information content (AvgIpc) is 2.29. The lowest BCUT2D eigenvalue weighted by molar-refractivity contribution is 0.202. The molecule has 14 heavy (non-hydrogen) atoms. The van der Waals surface area contributed by atoms with E-state index in [1.807, 2.05) is 4.90 Å². The molecular formula is C7H17N3O3S. The van der Waals surface area contributed by atoms with Gasteiger partial charge in [-0.2, -0.15) is 12.7 Å². The molecule has 6 nitrogen and oxygen atoms in total. The molecule has 84 valence electrons. The average molecular weight is 223 g/mol. The third-order valence-corrected chi connectivity index (χ3v) is 3.41. The number of aliphatic hydroxyl groups is 1. The van der Waals surface area contributed by atoms with E-state index in [4.69, 9.17) is 10.2 Å². The van der Waals surface area contributed by atoms with Crippen molar-refractivity contribution in [1.82, 2.24) is 9.21 Å². The van der Waals surface area contributed by atoms with Crippen LogP contribution in [0.5, 0.6) is 0 Å². The molecule has 0 radical (unpaired) electrons. The van der Waals surface area contributed by atoms with Gasteiger partial charge in [-0.25, -0.2) is 5.14 Å². The van der Waals surface area contributed by atoms with Crippen molar-refractivity contribution >= 4 is 10.2 Å². The number of hydrogen-bond acceptors (Lipinski definition) is 4. The molecule has 7 heteroatoms. The van der Waals surface area contributed by atoms with Gasteiger partial charge >= 0.3 is 0 Å². The second-order valence-electron chi connectivity index (χ2n) is 3.36. The maximum atomic E-state index is 11.0. The van der Waals surface area contributed by atoms with Crippen LogP contribution in [0.25, 0.3) is 0 Å². The van der Waals surface area contributed by atoms with Crippen LogP contribution in [-0.2, 0) is 10.2 Å². The molecule has 1 rings (SSSR count). The zero-order valence-electron chi connectivity index (χ0n) is 8.09. The Balaban J connectivity index is 2.49. The molecule has 3 N–H and O–H groups in total. The van der Waals surface area contributed by atoms with Crippen molar-refractivity contribution in [1.29, 1.82) is 0 Å². The Morgan fingerprint density at radius 3 is 2.50 bits per heavy atom. The molecule has 0 aliphatic carbocycles. The molecule has 0 aromatic heterocycles. The zero-order valence-corrected chi connectivity index (χ0v) is 8.91. The fourth-order valence-corrected chi connectivity index (χ4v) is 2.29. The first kappa shape index (κ1) is 11.9. The largest absolute Gasteiger partial charge is 0.395 e. The minimum Gasteiger partial charge on any atom is -0.395 e. The van der Waals surface area contributed by atoms with Crippen LogP contribution in [0.15, 0.2) is 0 Å². The van der Waals surface area contributed by atoms with Crippen LogP contribution in [0.2, 0.25) is 0 Å². The molecule has 0 atom stereocenters. The molecule has 0 amide bonds. The molecule has 1 heterocycles. The molecule has 0 bridgehead atoms. The van der Waals surface area contributed by atoms with Crippen molar-refractivity contribution in [2.24, 2.45) is 5.14 Å².